The molecule has 0 amide bonds. The van der Waals surface area contributed by atoms with Crippen LogP contribution in [0.1, 0.15) is 22.1 Å². The maximum atomic E-state index is 11.0. The lowest BCUT2D eigenvalue weighted by Gasteiger charge is -2.00. The van der Waals surface area contributed by atoms with Gasteiger partial charge in [0.15, 0.2) is 6.23 Å². The van der Waals surface area contributed by atoms with Crippen molar-refractivity contribution >= 4 is 5.97 Å². The summed E-state index contributed by atoms with van der Waals surface area (Å²) in [4.78, 5) is 11.0. The molecule has 0 fully saturated rings. The fourth-order valence-electron chi connectivity index (χ4n) is 1.17. The van der Waals surface area contributed by atoms with E-state index in [9.17, 15) is 4.79 Å². The van der Waals surface area contributed by atoms with Gasteiger partial charge in [-0.2, -0.15) is 0 Å². The highest BCUT2D eigenvalue weighted by molar-refractivity contribution is 5.93. The number of esters is 1. The molecule has 11 heavy (non-hydrogen) atoms. The van der Waals surface area contributed by atoms with Gasteiger partial charge in [0.1, 0.15) is 0 Å². The first-order valence-electron chi connectivity index (χ1n) is 3.34. The van der Waals surface area contributed by atoms with Gasteiger partial charge in [0, 0.05) is 5.56 Å². The van der Waals surface area contributed by atoms with E-state index in [1.165, 1.54) is 0 Å². The predicted octanol–water partition coefficient (Wildman–Crippen LogP) is 0.814. The van der Waals surface area contributed by atoms with E-state index in [-0.39, 0.29) is 5.97 Å². The van der Waals surface area contributed by atoms with Crippen LogP contribution in [0.5, 0.6) is 0 Å². The van der Waals surface area contributed by atoms with Gasteiger partial charge < -0.3 is 4.74 Å². The highest BCUT2D eigenvalue weighted by atomic mass is 16.6. The first-order valence-corrected chi connectivity index (χ1v) is 3.34. The lowest BCUT2D eigenvalue weighted by Crippen LogP contribution is -2.08. The second kappa shape index (κ2) is 2.07. The van der Waals surface area contributed by atoms with Crippen molar-refractivity contribution in [2.75, 3.05) is 0 Å². The minimum atomic E-state index is -0.571. The molecule has 56 valence electrons. The van der Waals surface area contributed by atoms with Crippen LogP contribution in [0, 0.1) is 0 Å². The summed E-state index contributed by atoms with van der Waals surface area (Å²) in [5, 5.41) is 0. The molecular formula is C8H7NO2. The number of cyclic esters (lactones) is 1. The van der Waals surface area contributed by atoms with Crippen LogP contribution in [-0.4, -0.2) is 5.97 Å². The molecule has 0 aliphatic carbocycles. The van der Waals surface area contributed by atoms with Crippen molar-refractivity contribution < 1.29 is 9.53 Å². The van der Waals surface area contributed by atoms with E-state index in [0.717, 1.165) is 5.56 Å². The maximum absolute atomic E-state index is 11.0. The zero-order chi connectivity index (χ0) is 7.84. The molecule has 0 spiro atoms. The van der Waals surface area contributed by atoms with Crippen LogP contribution in [-0.2, 0) is 4.74 Å². The Hall–Kier alpha value is -1.35. The molecule has 0 saturated carbocycles. The van der Waals surface area contributed by atoms with Gasteiger partial charge in [0.25, 0.3) is 0 Å². The molecule has 2 N–H and O–H groups in total. The summed E-state index contributed by atoms with van der Waals surface area (Å²) < 4.78 is 4.77. The van der Waals surface area contributed by atoms with E-state index < -0.39 is 6.23 Å². The summed E-state index contributed by atoms with van der Waals surface area (Å²) in [5.74, 6) is -0.326. The molecule has 0 aromatic heterocycles. The molecule has 3 heteroatoms. The maximum Gasteiger partial charge on any atom is 0.340 e. The molecule has 1 aliphatic rings. The van der Waals surface area contributed by atoms with Crippen LogP contribution in [0.4, 0.5) is 0 Å². The molecule has 0 radical (unpaired) electrons. The number of nitrogens with two attached hydrogens (primary N) is 1. The number of carbonyl (C=O) groups is 1. The number of benzene rings is 1. The number of rotatable bonds is 0. The van der Waals surface area contributed by atoms with Crippen molar-refractivity contribution in [1.82, 2.24) is 0 Å². The number of hydrogen-bond acceptors (Lipinski definition) is 3. The van der Waals surface area contributed by atoms with E-state index in [2.05, 4.69) is 0 Å². The third-order valence-electron chi connectivity index (χ3n) is 1.72. The first-order chi connectivity index (χ1) is 5.29. The van der Waals surface area contributed by atoms with Gasteiger partial charge in [-0.05, 0) is 6.07 Å². The molecule has 0 bridgehead atoms. The Morgan fingerprint density at radius 3 is 2.82 bits per heavy atom. The SMILES string of the molecule is N[C@@H]1OC(=O)c2ccccc21. The smallest absolute Gasteiger partial charge is 0.340 e. The van der Waals surface area contributed by atoms with Gasteiger partial charge in [-0.25, -0.2) is 4.79 Å². The molecule has 1 heterocycles. The summed E-state index contributed by atoms with van der Waals surface area (Å²) in [6.45, 7) is 0. The van der Waals surface area contributed by atoms with Crippen molar-refractivity contribution in [2.45, 2.75) is 6.23 Å². The van der Waals surface area contributed by atoms with Gasteiger partial charge in [-0.1, -0.05) is 18.2 Å². The Balaban J connectivity index is 2.60. The van der Waals surface area contributed by atoms with E-state index in [4.69, 9.17) is 10.5 Å². The summed E-state index contributed by atoms with van der Waals surface area (Å²) in [7, 11) is 0. The van der Waals surface area contributed by atoms with Crippen molar-refractivity contribution in [3.63, 3.8) is 0 Å². The fraction of sp³-hybridized carbons (Fsp3) is 0.125. The van der Waals surface area contributed by atoms with Crippen LogP contribution in [0.2, 0.25) is 0 Å². The number of hydrogen-bond donors (Lipinski definition) is 1. The molecular weight excluding hydrogens is 142 g/mol. The second-order valence-corrected chi connectivity index (χ2v) is 2.41. The lowest BCUT2D eigenvalue weighted by atomic mass is 10.1. The predicted molar refractivity (Wildman–Crippen MR) is 38.8 cm³/mol. The number of carbonyl (C=O) groups excluding carboxylic acids is 1. The summed E-state index contributed by atoms with van der Waals surface area (Å²) in [6.07, 6.45) is -0.571. The topological polar surface area (TPSA) is 52.3 Å². The summed E-state index contributed by atoms with van der Waals surface area (Å²) >= 11 is 0. The number of ether oxygens (including phenoxy) is 1. The minimum Gasteiger partial charge on any atom is -0.439 e. The Morgan fingerprint density at radius 2 is 2.09 bits per heavy atom. The standard InChI is InChI=1S/C8H7NO2/c9-7-5-3-1-2-4-6(5)8(10)11-7/h1-4,7H,9H2/t7-/m1/s1. The third-order valence-corrected chi connectivity index (χ3v) is 1.72. The molecule has 1 aromatic rings. The zero-order valence-electron chi connectivity index (χ0n) is 5.78. The highest BCUT2D eigenvalue weighted by Gasteiger charge is 2.26. The third kappa shape index (κ3) is 0.816. The Kier molecular flexibility index (Phi) is 1.20. The quantitative estimate of drug-likeness (QED) is 0.555. The largest absolute Gasteiger partial charge is 0.439 e. The van der Waals surface area contributed by atoms with E-state index in [1.54, 1.807) is 18.2 Å². The number of fused-ring (bicyclic) bond motifs is 1. The normalized spacial score (nSPS) is 21.2. The van der Waals surface area contributed by atoms with Gasteiger partial charge >= 0.3 is 5.97 Å². The van der Waals surface area contributed by atoms with Crippen LogP contribution >= 0.6 is 0 Å². The Bertz CT molecular complexity index is 309. The van der Waals surface area contributed by atoms with Crippen molar-refractivity contribution in [3.05, 3.63) is 35.4 Å². The molecule has 0 saturated heterocycles. The van der Waals surface area contributed by atoms with Gasteiger partial charge in [-0.15, -0.1) is 0 Å². The molecule has 1 aliphatic heterocycles. The Morgan fingerprint density at radius 1 is 1.36 bits per heavy atom. The molecule has 3 nitrogen and oxygen atoms in total. The van der Waals surface area contributed by atoms with E-state index in [1.807, 2.05) is 6.07 Å². The summed E-state index contributed by atoms with van der Waals surface area (Å²) in [5.41, 5.74) is 6.85. The fourth-order valence-corrected chi connectivity index (χ4v) is 1.17. The van der Waals surface area contributed by atoms with Crippen molar-refractivity contribution in [2.24, 2.45) is 5.73 Å². The molecule has 1 atom stereocenters. The molecule has 2 rings (SSSR count). The average Bonchev–Trinajstić information content (AvgIpc) is 2.30. The first kappa shape index (κ1) is 6.37. The van der Waals surface area contributed by atoms with Crippen molar-refractivity contribution in [1.29, 1.82) is 0 Å². The highest BCUT2D eigenvalue weighted by Crippen LogP contribution is 2.25. The van der Waals surface area contributed by atoms with E-state index >= 15 is 0 Å². The van der Waals surface area contributed by atoms with Gasteiger partial charge in [0.05, 0.1) is 5.56 Å². The van der Waals surface area contributed by atoms with E-state index in [0.29, 0.717) is 5.56 Å². The molecule has 1 aromatic carbocycles. The van der Waals surface area contributed by atoms with Gasteiger partial charge in [0.2, 0.25) is 0 Å². The zero-order valence-corrected chi connectivity index (χ0v) is 5.78. The van der Waals surface area contributed by atoms with Crippen LogP contribution < -0.4 is 5.73 Å². The Labute approximate surface area is 63.8 Å². The van der Waals surface area contributed by atoms with Crippen LogP contribution in [0.25, 0.3) is 0 Å². The second-order valence-electron chi connectivity index (χ2n) is 2.41. The monoisotopic (exact) mass is 149 g/mol. The summed E-state index contributed by atoms with van der Waals surface area (Å²) in [6, 6.07) is 7.13. The van der Waals surface area contributed by atoms with Crippen LogP contribution in [0.15, 0.2) is 24.3 Å². The van der Waals surface area contributed by atoms with Crippen molar-refractivity contribution in [3.8, 4) is 0 Å². The molecule has 0 unspecified atom stereocenters. The van der Waals surface area contributed by atoms with Crippen LogP contribution in [0.3, 0.4) is 0 Å². The minimum absolute atomic E-state index is 0.326. The average molecular weight is 149 g/mol. The van der Waals surface area contributed by atoms with Gasteiger partial charge in [-0.3, -0.25) is 5.73 Å². The lowest BCUT2D eigenvalue weighted by molar-refractivity contribution is 0.0399.